The Balaban J connectivity index is 2.03. The summed E-state index contributed by atoms with van der Waals surface area (Å²) in [5, 5.41) is 6.11. The van der Waals surface area contributed by atoms with Crippen molar-refractivity contribution in [1.82, 2.24) is 5.32 Å². The second-order valence-electron chi connectivity index (χ2n) is 5.32. The van der Waals surface area contributed by atoms with E-state index in [1.807, 2.05) is 18.2 Å². The molecule has 0 aliphatic heterocycles. The van der Waals surface area contributed by atoms with Gasteiger partial charge in [-0.05, 0) is 36.5 Å². The summed E-state index contributed by atoms with van der Waals surface area (Å²) < 4.78 is 5.28. The number of amides is 1. The van der Waals surface area contributed by atoms with Crippen molar-refractivity contribution >= 4 is 11.6 Å². The molecule has 4 nitrogen and oxygen atoms in total. The Morgan fingerprint density at radius 2 is 2.16 bits per heavy atom. The van der Waals surface area contributed by atoms with Gasteiger partial charge in [0.25, 0.3) is 0 Å². The highest BCUT2D eigenvalue weighted by Gasteiger charge is 2.21. The van der Waals surface area contributed by atoms with Gasteiger partial charge in [-0.1, -0.05) is 19.9 Å². The summed E-state index contributed by atoms with van der Waals surface area (Å²) in [6, 6.07) is 6.45. The van der Waals surface area contributed by atoms with E-state index >= 15 is 0 Å². The van der Waals surface area contributed by atoms with Crippen molar-refractivity contribution in [1.29, 1.82) is 0 Å². The van der Waals surface area contributed by atoms with E-state index < -0.39 is 0 Å². The van der Waals surface area contributed by atoms with E-state index in [2.05, 4.69) is 24.5 Å². The lowest BCUT2D eigenvalue weighted by atomic mass is 10.0. The van der Waals surface area contributed by atoms with Gasteiger partial charge in [-0.15, -0.1) is 0 Å². The van der Waals surface area contributed by atoms with Gasteiger partial charge in [-0.25, -0.2) is 0 Å². The molecule has 1 aliphatic rings. The van der Waals surface area contributed by atoms with Crippen LogP contribution in [0, 0.1) is 0 Å². The van der Waals surface area contributed by atoms with Gasteiger partial charge < -0.3 is 15.4 Å². The van der Waals surface area contributed by atoms with Gasteiger partial charge in [0, 0.05) is 6.04 Å². The molecule has 19 heavy (non-hydrogen) atoms. The monoisotopic (exact) mass is 262 g/mol. The number of ether oxygens (including phenoxy) is 1. The lowest BCUT2D eigenvalue weighted by Crippen LogP contribution is -2.29. The third-order valence-electron chi connectivity index (χ3n) is 3.29. The first-order valence-electron chi connectivity index (χ1n) is 6.81. The zero-order valence-electron chi connectivity index (χ0n) is 11.8. The highest BCUT2D eigenvalue weighted by molar-refractivity contribution is 5.93. The topological polar surface area (TPSA) is 50.4 Å². The first-order chi connectivity index (χ1) is 9.10. The Hall–Kier alpha value is -1.55. The fourth-order valence-corrected chi connectivity index (χ4v) is 1.90. The predicted octanol–water partition coefficient (Wildman–Crippen LogP) is 2.51. The van der Waals surface area contributed by atoms with Gasteiger partial charge >= 0.3 is 0 Å². The molecule has 1 saturated carbocycles. The number of nitrogens with one attached hydrogen (secondary N) is 2. The standard InChI is InChI=1S/C15H22N2O2/c1-10(2)11-4-7-14(19-3)13(8-11)17-15(18)9-16-12-5-6-12/h4,7-8,10,12,16H,5-6,9H2,1-3H3,(H,17,18). The number of hydrogen-bond donors (Lipinski definition) is 2. The third kappa shape index (κ3) is 3.96. The Bertz CT molecular complexity index is 453. The molecule has 0 aromatic heterocycles. The molecule has 1 aliphatic carbocycles. The fraction of sp³-hybridized carbons (Fsp3) is 0.533. The molecule has 104 valence electrons. The van der Waals surface area contributed by atoms with Crippen molar-refractivity contribution in [3.63, 3.8) is 0 Å². The molecule has 1 aromatic carbocycles. The number of hydrogen-bond acceptors (Lipinski definition) is 3. The molecular weight excluding hydrogens is 240 g/mol. The van der Waals surface area contributed by atoms with Gasteiger partial charge in [0.05, 0.1) is 19.3 Å². The normalized spacial score (nSPS) is 14.5. The molecule has 2 N–H and O–H groups in total. The van der Waals surface area contributed by atoms with Gasteiger partial charge in [0.2, 0.25) is 5.91 Å². The molecule has 0 bridgehead atoms. The van der Waals surface area contributed by atoms with Crippen LogP contribution in [0.4, 0.5) is 5.69 Å². The summed E-state index contributed by atoms with van der Waals surface area (Å²) in [4.78, 5) is 11.9. The van der Waals surface area contributed by atoms with Gasteiger partial charge in [-0.3, -0.25) is 4.79 Å². The van der Waals surface area contributed by atoms with Crippen LogP contribution in [0.2, 0.25) is 0 Å². The summed E-state index contributed by atoms with van der Waals surface area (Å²) in [5.74, 6) is 1.10. The number of methoxy groups -OCH3 is 1. The van der Waals surface area contributed by atoms with Crippen LogP contribution in [-0.2, 0) is 4.79 Å². The quantitative estimate of drug-likeness (QED) is 0.828. The second kappa shape index (κ2) is 6.06. The molecule has 1 aromatic rings. The van der Waals surface area contributed by atoms with Crippen molar-refractivity contribution in [2.45, 2.75) is 38.6 Å². The van der Waals surface area contributed by atoms with Crippen LogP contribution in [0.3, 0.4) is 0 Å². The van der Waals surface area contributed by atoms with E-state index in [-0.39, 0.29) is 5.91 Å². The van der Waals surface area contributed by atoms with Crippen LogP contribution in [0.5, 0.6) is 5.75 Å². The van der Waals surface area contributed by atoms with Crippen LogP contribution in [0.1, 0.15) is 38.2 Å². The van der Waals surface area contributed by atoms with Crippen molar-refractivity contribution in [3.8, 4) is 5.75 Å². The molecule has 1 amide bonds. The molecule has 2 rings (SSSR count). The SMILES string of the molecule is COc1ccc(C(C)C)cc1NC(=O)CNC1CC1. The largest absolute Gasteiger partial charge is 0.495 e. The van der Waals surface area contributed by atoms with E-state index in [1.54, 1.807) is 7.11 Å². The molecule has 0 atom stereocenters. The van der Waals surface area contributed by atoms with E-state index in [4.69, 9.17) is 4.74 Å². The van der Waals surface area contributed by atoms with E-state index in [0.29, 0.717) is 24.3 Å². The summed E-state index contributed by atoms with van der Waals surface area (Å²) in [6.45, 7) is 4.61. The van der Waals surface area contributed by atoms with Crippen molar-refractivity contribution in [2.24, 2.45) is 0 Å². The van der Waals surface area contributed by atoms with Gasteiger partial charge in [0.1, 0.15) is 5.75 Å². The average molecular weight is 262 g/mol. The Labute approximate surface area is 114 Å². The average Bonchev–Trinajstić information content (AvgIpc) is 3.20. The third-order valence-corrected chi connectivity index (χ3v) is 3.29. The van der Waals surface area contributed by atoms with Crippen LogP contribution < -0.4 is 15.4 Å². The summed E-state index contributed by atoms with van der Waals surface area (Å²) in [7, 11) is 1.61. The van der Waals surface area contributed by atoms with Crippen LogP contribution >= 0.6 is 0 Å². The van der Waals surface area contributed by atoms with Gasteiger partial charge in [-0.2, -0.15) is 0 Å². The molecular formula is C15H22N2O2. The first-order valence-corrected chi connectivity index (χ1v) is 6.81. The maximum Gasteiger partial charge on any atom is 0.238 e. The van der Waals surface area contributed by atoms with E-state index in [0.717, 1.165) is 5.69 Å². The molecule has 4 heteroatoms. The molecule has 0 unspecified atom stereocenters. The van der Waals surface area contributed by atoms with Crippen LogP contribution in [-0.4, -0.2) is 25.6 Å². The van der Waals surface area contributed by atoms with Crippen LogP contribution in [0.25, 0.3) is 0 Å². The Morgan fingerprint density at radius 1 is 1.42 bits per heavy atom. The van der Waals surface area contributed by atoms with Crippen molar-refractivity contribution in [2.75, 3.05) is 19.0 Å². The fourth-order valence-electron chi connectivity index (χ4n) is 1.90. The predicted molar refractivity (Wildman–Crippen MR) is 76.7 cm³/mol. The number of benzene rings is 1. The lowest BCUT2D eigenvalue weighted by Gasteiger charge is -2.14. The number of rotatable bonds is 6. The first kappa shape index (κ1) is 13.9. The number of carbonyl (C=O) groups is 1. The molecule has 0 heterocycles. The molecule has 0 radical (unpaired) electrons. The maximum absolute atomic E-state index is 11.9. The minimum Gasteiger partial charge on any atom is -0.495 e. The highest BCUT2D eigenvalue weighted by Crippen LogP contribution is 2.28. The van der Waals surface area contributed by atoms with Gasteiger partial charge in [0.15, 0.2) is 0 Å². The van der Waals surface area contributed by atoms with E-state index in [1.165, 1.54) is 18.4 Å². The van der Waals surface area contributed by atoms with Crippen molar-refractivity contribution in [3.05, 3.63) is 23.8 Å². The Kier molecular flexibility index (Phi) is 4.43. The Morgan fingerprint density at radius 3 is 2.74 bits per heavy atom. The minimum atomic E-state index is -0.0221. The van der Waals surface area contributed by atoms with Crippen molar-refractivity contribution < 1.29 is 9.53 Å². The number of anilines is 1. The lowest BCUT2D eigenvalue weighted by molar-refractivity contribution is -0.115. The zero-order chi connectivity index (χ0) is 13.8. The summed E-state index contributed by atoms with van der Waals surface area (Å²) in [5.41, 5.74) is 1.93. The maximum atomic E-state index is 11.9. The molecule has 0 spiro atoms. The smallest absolute Gasteiger partial charge is 0.238 e. The minimum absolute atomic E-state index is 0.0221. The second-order valence-corrected chi connectivity index (χ2v) is 5.32. The van der Waals surface area contributed by atoms with Crippen LogP contribution in [0.15, 0.2) is 18.2 Å². The molecule has 0 saturated heterocycles. The highest BCUT2D eigenvalue weighted by atomic mass is 16.5. The zero-order valence-corrected chi connectivity index (χ0v) is 11.8. The molecule has 1 fully saturated rings. The number of carbonyl (C=O) groups excluding carboxylic acids is 1. The summed E-state index contributed by atoms with van der Waals surface area (Å²) in [6.07, 6.45) is 2.36. The van der Waals surface area contributed by atoms with E-state index in [9.17, 15) is 4.79 Å². The summed E-state index contributed by atoms with van der Waals surface area (Å²) >= 11 is 0.